The highest BCUT2D eigenvalue weighted by molar-refractivity contribution is 6.31. The number of benzene rings is 1. The normalized spacial score (nSPS) is 10.4. The van der Waals surface area contributed by atoms with E-state index in [1.807, 2.05) is 0 Å². The maximum atomic E-state index is 12.0. The molecule has 0 aliphatic heterocycles. The number of halogens is 1. The van der Waals surface area contributed by atoms with Gasteiger partial charge in [0, 0.05) is 16.7 Å². The van der Waals surface area contributed by atoms with Crippen LogP contribution in [0, 0.1) is 17.0 Å². The van der Waals surface area contributed by atoms with Gasteiger partial charge < -0.3 is 9.30 Å². The molecule has 0 radical (unpaired) electrons. The molecule has 0 spiro atoms. The van der Waals surface area contributed by atoms with Crippen LogP contribution in [0.4, 0.5) is 5.69 Å². The van der Waals surface area contributed by atoms with Crippen molar-refractivity contribution in [2.24, 2.45) is 0 Å². The molecular formula is C15H13ClN2O5. The lowest BCUT2D eigenvalue weighted by Crippen LogP contribution is -2.21. The monoisotopic (exact) mass is 336 g/mol. The van der Waals surface area contributed by atoms with Crippen LogP contribution in [0.1, 0.15) is 21.5 Å². The van der Waals surface area contributed by atoms with Gasteiger partial charge in [0.2, 0.25) is 0 Å². The lowest BCUT2D eigenvalue weighted by atomic mass is 10.1. The van der Waals surface area contributed by atoms with Gasteiger partial charge in [-0.05, 0) is 30.7 Å². The summed E-state index contributed by atoms with van der Waals surface area (Å²) in [7, 11) is 1.25. The van der Waals surface area contributed by atoms with Crippen molar-refractivity contribution in [2.45, 2.75) is 13.5 Å². The molecule has 120 valence electrons. The molecule has 1 aromatic carbocycles. The Hall–Kier alpha value is -2.67. The molecule has 1 aromatic heterocycles. The largest absolute Gasteiger partial charge is 0.465 e. The van der Waals surface area contributed by atoms with E-state index in [1.165, 1.54) is 49.1 Å². The van der Waals surface area contributed by atoms with Gasteiger partial charge >= 0.3 is 5.97 Å². The first-order valence-electron chi connectivity index (χ1n) is 6.55. The lowest BCUT2D eigenvalue weighted by molar-refractivity contribution is -0.385. The summed E-state index contributed by atoms with van der Waals surface area (Å²) in [4.78, 5) is 34.0. The van der Waals surface area contributed by atoms with E-state index in [2.05, 4.69) is 4.74 Å². The van der Waals surface area contributed by atoms with Gasteiger partial charge in [-0.2, -0.15) is 0 Å². The third kappa shape index (κ3) is 3.57. The molecule has 0 amide bonds. The van der Waals surface area contributed by atoms with Crippen molar-refractivity contribution in [2.75, 3.05) is 7.11 Å². The van der Waals surface area contributed by atoms with E-state index >= 15 is 0 Å². The molecule has 2 rings (SSSR count). The van der Waals surface area contributed by atoms with Gasteiger partial charge in [0.25, 0.3) is 11.2 Å². The Labute approximate surface area is 136 Å². The molecule has 0 N–H and O–H groups in total. The zero-order chi connectivity index (χ0) is 17.1. The fourth-order valence-corrected chi connectivity index (χ4v) is 2.27. The summed E-state index contributed by atoms with van der Waals surface area (Å²) in [6.45, 7) is 1.50. The number of nitro groups is 1. The molecule has 1 heterocycles. The number of methoxy groups -OCH3 is 1. The minimum Gasteiger partial charge on any atom is -0.465 e. The maximum absolute atomic E-state index is 12.0. The van der Waals surface area contributed by atoms with Gasteiger partial charge in [0.05, 0.1) is 30.3 Å². The van der Waals surface area contributed by atoms with Crippen molar-refractivity contribution in [3.63, 3.8) is 0 Å². The van der Waals surface area contributed by atoms with Crippen molar-refractivity contribution >= 4 is 23.3 Å². The van der Waals surface area contributed by atoms with Crippen LogP contribution in [0.2, 0.25) is 5.02 Å². The van der Waals surface area contributed by atoms with E-state index in [0.29, 0.717) is 10.6 Å². The van der Waals surface area contributed by atoms with Crippen LogP contribution in [-0.2, 0) is 11.3 Å². The first-order chi connectivity index (χ1) is 10.8. The quantitative estimate of drug-likeness (QED) is 0.486. The highest BCUT2D eigenvalue weighted by Crippen LogP contribution is 2.20. The van der Waals surface area contributed by atoms with Gasteiger partial charge in [-0.1, -0.05) is 11.6 Å². The second kappa shape index (κ2) is 6.62. The predicted molar refractivity (Wildman–Crippen MR) is 84.0 cm³/mol. The van der Waals surface area contributed by atoms with E-state index in [4.69, 9.17) is 11.6 Å². The Morgan fingerprint density at radius 1 is 1.39 bits per heavy atom. The van der Waals surface area contributed by atoms with Gasteiger partial charge in [-0.25, -0.2) is 4.79 Å². The van der Waals surface area contributed by atoms with E-state index in [9.17, 15) is 19.7 Å². The Morgan fingerprint density at radius 2 is 2.09 bits per heavy atom. The molecule has 2 aromatic rings. The second-order valence-corrected chi connectivity index (χ2v) is 5.27. The summed E-state index contributed by atoms with van der Waals surface area (Å²) in [6, 6.07) is 5.69. The number of carbonyl (C=O) groups excluding carboxylic acids is 1. The molecule has 7 nitrogen and oxygen atoms in total. The third-order valence-corrected chi connectivity index (χ3v) is 3.68. The number of carbonyl (C=O) groups is 1. The Balaban J connectivity index is 2.47. The summed E-state index contributed by atoms with van der Waals surface area (Å²) in [5.74, 6) is -0.537. The molecule has 8 heteroatoms. The van der Waals surface area contributed by atoms with Crippen molar-refractivity contribution < 1.29 is 14.5 Å². The van der Waals surface area contributed by atoms with E-state index in [-0.39, 0.29) is 23.4 Å². The summed E-state index contributed by atoms with van der Waals surface area (Å²) in [5, 5.41) is 11.3. The van der Waals surface area contributed by atoms with Crippen molar-refractivity contribution in [3.05, 3.63) is 72.6 Å². The Morgan fingerprint density at radius 3 is 2.70 bits per heavy atom. The summed E-state index contributed by atoms with van der Waals surface area (Å²) in [5.41, 5.74) is 0.486. The average molecular weight is 337 g/mol. The van der Waals surface area contributed by atoms with E-state index < -0.39 is 16.5 Å². The Kier molecular flexibility index (Phi) is 4.80. The molecule has 23 heavy (non-hydrogen) atoms. The van der Waals surface area contributed by atoms with E-state index in [0.717, 1.165) is 0 Å². The van der Waals surface area contributed by atoms with Crippen molar-refractivity contribution in [1.82, 2.24) is 4.57 Å². The van der Waals surface area contributed by atoms with E-state index in [1.54, 1.807) is 0 Å². The summed E-state index contributed by atoms with van der Waals surface area (Å²) < 4.78 is 5.81. The number of aromatic nitrogens is 1. The predicted octanol–water partition coefficient (Wildman–Crippen LogP) is 2.55. The average Bonchev–Trinajstić information content (AvgIpc) is 2.50. The smallest absolute Gasteiger partial charge is 0.337 e. The standard InChI is InChI=1S/C15H13ClN2O5/c1-9-5-14(19)17(8-13(9)18(21)22)7-11-6-10(15(20)23-2)3-4-12(11)16/h3-6,8H,7H2,1-2H3. The number of hydrogen-bond donors (Lipinski definition) is 0. The van der Waals surface area contributed by atoms with Gasteiger partial charge in [-0.3, -0.25) is 14.9 Å². The number of hydrogen-bond acceptors (Lipinski definition) is 5. The van der Waals surface area contributed by atoms with Gasteiger partial charge in [0.1, 0.15) is 0 Å². The summed E-state index contributed by atoms with van der Waals surface area (Å²) in [6.07, 6.45) is 1.17. The molecule has 0 aliphatic rings. The number of aryl methyl sites for hydroxylation is 1. The fraction of sp³-hybridized carbons (Fsp3) is 0.200. The van der Waals surface area contributed by atoms with Gasteiger partial charge in [-0.15, -0.1) is 0 Å². The van der Waals surface area contributed by atoms with Crippen LogP contribution in [0.15, 0.2) is 35.3 Å². The van der Waals surface area contributed by atoms with Crippen molar-refractivity contribution in [3.8, 4) is 0 Å². The number of rotatable bonds is 4. The molecule has 0 unspecified atom stereocenters. The number of pyridine rings is 1. The zero-order valence-corrected chi connectivity index (χ0v) is 13.2. The second-order valence-electron chi connectivity index (χ2n) is 4.86. The Bertz CT molecular complexity index is 844. The molecule has 0 fully saturated rings. The lowest BCUT2D eigenvalue weighted by Gasteiger charge is -2.10. The van der Waals surface area contributed by atoms with Crippen LogP contribution in [0.3, 0.4) is 0 Å². The molecule has 0 bridgehead atoms. The molecular weight excluding hydrogens is 324 g/mol. The fourth-order valence-electron chi connectivity index (χ4n) is 2.09. The summed E-state index contributed by atoms with van der Waals surface area (Å²) >= 11 is 6.08. The minimum absolute atomic E-state index is 0.00359. The van der Waals surface area contributed by atoms with Crippen molar-refractivity contribution in [1.29, 1.82) is 0 Å². The van der Waals surface area contributed by atoms with Crippen LogP contribution >= 0.6 is 11.6 Å². The first kappa shape index (κ1) is 16.7. The van der Waals surface area contributed by atoms with Gasteiger partial charge in [0.15, 0.2) is 0 Å². The SMILES string of the molecule is COC(=O)c1ccc(Cl)c(Cn2cc([N+](=O)[O-])c(C)cc2=O)c1. The number of esters is 1. The number of ether oxygens (including phenoxy) is 1. The van der Waals surface area contributed by atoms with Crippen LogP contribution in [0.25, 0.3) is 0 Å². The molecule has 0 atom stereocenters. The van der Waals surface area contributed by atoms with Crippen LogP contribution in [0.5, 0.6) is 0 Å². The number of nitrogens with zero attached hydrogens (tertiary/aromatic N) is 2. The minimum atomic E-state index is -0.558. The third-order valence-electron chi connectivity index (χ3n) is 3.31. The molecule has 0 aliphatic carbocycles. The molecule has 0 saturated carbocycles. The topological polar surface area (TPSA) is 91.4 Å². The maximum Gasteiger partial charge on any atom is 0.337 e. The van der Waals surface area contributed by atoms with Crippen LogP contribution < -0.4 is 5.56 Å². The highest BCUT2D eigenvalue weighted by atomic mass is 35.5. The van der Waals surface area contributed by atoms with Crippen LogP contribution in [-0.4, -0.2) is 22.6 Å². The first-order valence-corrected chi connectivity index (χ1v) is 6.93. The molecule has 0 saturated heterocycles. The zero-order valence-electron chi connectivity index (χ0n) is 12.4. The highest BCUT2D eigenvalue weighted by Gasteiger charge is 2.15.